The number of aromatic hydroxyl groups is 1. The first-order valence-corrected chi connectivity index (χ1v) is 5.90. The van der Waals surface area contributed by atoms with Gasteiger partial charge in [-0.05, 0) is 18.6 Å². The van der Waals surface area contributed by atoms with Gasteiger partial charge in [0.25, 0.3) is 0 Å². The number of allylic oxidation sites excluding steroid dienone is 5. The lowest BCUT2D eigenvalue weighted by atomic mass is 9.73. The second kappa shape index (κ2) is 4.65. The summed E-state index contributed by atoms with van der Waals surface area (Å²) in [5, 5.41) is 9.95. The van der Waals surface area contributed by atoms with Crippen LogP contribution >= 0.6 is 0 Å². The molecule has 0 aromatic heterocycles. The third-order valence-corrected chi connectivity index (χ3v) is 3.34. The Bertz CT molecular complexity index is 552. The molecule has 0 radical (unpaired) electrons. The van der Waals surface area contributed by atoms with Crippen molar-refractivity contribution in [2.75, 3.05) is 0 Å². The SMILES string of the molecule is C=CC(=O)C1=CC=CC(C)(c2ccccc2O)C1. The Hall–Kier alpha value is -2.09. The van der Waals surface area contributed by atoms with Gasteiger partial charge in [0, 0.05) is 16.6 Å². The van der Waals surface area contributed by atoms with E-state index in [0.717, 1.165) is 11.1 Å². The predicted molar refractivity (Wildman–Crippen MR) is 72.5 cm³/mol. The molecule has 92 valence electrons. The molecular formula is C16H16O2. The minimum atomic E-state index is -0.353. The molecule has 1 N–H and O–H groups in total. The van der Waals surface area contributed by atoms with Crippen molar-refractivity contribution in [3.63, 3.8) is 0 Å². The Morgan fingerprint density at radius 1 is 1.44 bits per heavy atom. The van der Waals surface area contributed by atoms with E-state index in [0.29, 0.717) is 6.42 Å². The van der Waals surface area contributed by atoms with Gasteiger partial charge in [-0.2, -0.15) is 0 Å². The molecule has 1 aliphatic rings. The molecule has 2 heteroatoms. The first-order chi connectivity index (χ1) is 8.57. The molecule has 1 aromatic carbocycles. The summed E-state index contributed by atoms with van der Waals surface area (Å²) in [6, 6.07) is 7.24. The maximum absolute atomic E-state index is 11.7. The summed E-state index contributed by atoms with van der Waals surface area (Å²) in [7, 11) is 0. The molecule has 0 aliphatic heterocycles. The van der Waals surface area contributed by atoms with Gasteiger partial charge in [0.2, 0.25) is 0 Å². The van der Waals surface area contributed by atoms with Crippen molar-refractivity contribution in [2.45, 2.75) is 18.8 Å². The topological polar surface area (TPSA) is 37.3 Å². The molecule has 0 spiro atoms. The molecule has 0 fully saturated rings. The van der Waals surface area contributed by atoms with E-state index < -0.39 is 0 Å². The number of hydrogen-bond acceptors (Lipinski definition) is 2. The monoisotopic (exact) mass is 240 g/mol. The summed E-state index contributed by atoms with van der Waals surface area (Å²) in [5.74, 6) is 0.206. The number of rotatable bonds is 3. The van der Waals surface area contributed by atoms with E-state index in [1.807, 2.05) is 37.3 Å². The zero-order valence-electron chi connectivity index (χ0n) is 10.4. The molecule has 0 bridgehead atoms. The summed E-state index contributed by atoms with van der Waals surface area (Å²) < 4.78 is 0. The van der Waals surface area contributed by atoms with Crippen LogP contribution in [0.5, 0.6) is 5.75 Å². The van der Waals surface area contributed by atoms with Gasteiger partial charge < -0.3 is 5.11 Å². The van der Waals surface area contributed by atoms with Crippen LogP contribution in [0, 0.1) is 0 Å². The molecule has 1 aliphatic carbocycles. The third-order valence-electron chi connectivity index (χ3n) is 3.34. The third kappa shape index (κ3) is 2.14. The molecule has 1 unspecified atom stereocenters. The molecule has 2 nitrogen and oxygen atoms in total. The van der Waals surface area contributed by atoms with Crippen LogP contribution in [0.15, 0.2) is 60.7 Å². The fraction of sp³-hybridized carbons (Fsp3) is 0.188. The maximum atomic E-state index is 11.7. The Labute approximate surface area is 107 Å². The summed E-state index contributed by atoms with van der Waals surface area (Å²) in [5.41, 5.74) is 1.20. The number of para-hydroxylation sites is 1. The second-order valence-electron chi connectivity index (χ2n) is 4.73. The van der Waals surface area contributed by atoms with Crippen LogP contribution in [0.25, 0.3) is 0 Å². The number of carbonyl (C=O) groups excluding carboxylic acids is 1. The number of carbonyl (C=O) groups is 1. The molecule has 2 rings (SSSR count). The van der Waals surface area contributed by atoms with Crippen LogP contribution in [-0.4, -0.2) is 10.9 Å². The zero-order chi connectivity index (χ0) is 13.2. The van der Waals surface area contributed by atoms with Crippen molar-refractivity contribution in [1.29, 1.82) is 0 Å². The summed E-state index contributed by atoms with van der Waals surface area (Å²) in [6.07, 6.45) is 7.60. The summed E-state index contributed by atoms with van der Waals surface area (Å²) in [4.78, 5) is 11.7. The van der Waals surface area contributed by atoms with E-state index in [2.05, 4.69) is 6.58 Å². The fourth-order valence-electron chi connectivity index (χ4n) is 2.33. The minimum absolute atomic E-state index is 0.0546. The average Bonchev–Trinajstić information content (AvgIpc) is 2.38. The van der Waals surface area contributed by atoms with Crippen molar-refractivity contribution in [3.8, 4) is 5.75 Å². The average molecular weight is 240 g/mol. The Morgan fingerprint density at radius 2 is 2.17 bits per heavy atom. The molecule has 18 heavy (non-hydrogen) atoms. The second-order valence-corrected chi connectivity index (χ2v) is 4.73. The molecule has 0 saturated heterocycles. The number of ketones is 1. The highest BCUT2D eigenvalue weighted by molar-refractivity contribution is 6.04. The van der Waals surface area contributed by atoms with Gasteiger partial charge in [-0.1, -0.05) is 49.9 Å². The van der Waals surface area contributed by atoms with Gasteiger partial charge in [-0.25, -0.2) is 0 Å². The summed E-state index contributed by atoms with van der Waals surface area (Å²) in [6.45, 7) is 5.53. The van der Waals surface area contributed by atoms with Crippen LogP contribution < -0.4 is 0 Å². The van der Waals surface area contributed by atoms with Gasteiger partial charge >= 0.3 is 0 Å². The van der Waals surface area contributed by atoms with Crippen LogP contribution in [0.3, 0.4) is 0 Å². The van der Waals surface area contributed by atoms with Crippen LogP contribution in [0.2, 0.25) is 0 Å². The zero-order valence-corrected chi connectivity index (χ0v) is 10.4. The number of hydrogen-bond donors (Lipinski definition) is 1. The molecule has 0 amide bonds. The van der Waals surface area contributed by atoms with Crippen molar-refractivity contribution in [1.82, 2.24) is 0 Å². The van der Waals surface area contributed by atoms with Crippen LogP contribution in [0.1, 0.15) is 18.9 Å². The number of phenols is 1. The standard InChI is InChI=1S/C16H16O2/c1-3-14(17)12-7-6-10-16(2,11-12)13-8-4-5-9-15(13)18/h3-10,18H,1,11H2,2H3. The van der Waals surface area contributed by atoms with Gasteiger partial charge in [-0.15, -0.1) is 0 Å². The highest BCUT2D eigenvalue weighted by Gasteiger charge is 2.30. The van der Waals surface area contributed by atoms with E-state index in [9.17, 15) is 9.90 Å². The first-order valence-electron chi connectivity index (χ1n) is 5.90. The van der Waals surface area contributed by atoms with E-state index in [1.54, 1.807) is 12.1 Å². The largest absolute Gasteiger partial charge is 0.508 e. The normalized spacial score (nSPS) is 22.4. The maximum Gasteiger partial charge on any atom is 0.181 e. The molecule has 0 saturated carbocycles. The molecule has 0 heterocycles. The minimum Gasteiger partial charge on any atom is -0.508 e. The van der Waals surface area contributed by atoms with Crippen LogP contribution in [0.4, 0.5) is 0 Å². The van der Waals surface area contributed by atoms with E-state index >= 15 is 0 Å². The van der Waals surface area contributed by atoms with Gasteiger partial charge in [0.05, 0.1) is 0 Å². The van der Waals surface area contributed by atoms with E-state index in [4.69, 9.17) is 0 Å². The smallest absolute Gasteiger partial charge is 0.181 e. The van der Waals surface area contributed by atoms with Gasteiger partial charge in [0.1, 0.15) is 5.75 Å². The van der Waals surface area contributed by atoms with Crippen molar-refractivity contribution in [3.05, 3.63) is 66.3 Å². The number of phenolic OH excluding ortho intramolecular Hbond substituents is 1. The van der Waals surface area contributed by atoms with E-state index in [1.165, 1.54) is 6.08 Å². The Morgan fingerprint density at radius 3 is 2.83 bits per heavy atom. The molecule has 1 atom stereocenters. The van der Waals surface area contributed by atoms with Gasteiger partial charge in [0.15, 0.2) is 5.78 Å². The lowest BCUT2D eigenvalue weighted by Gasteiger charge is -2.30. The number of benzene rings is 1. The van der Waals surface area contributed by atoms with E-state index in [-0.39, 0.29) is 16.9 Å². The highest BCUT2D eigenvalue weighted by Crippen LogP contribution is 2.39. The Balaban J connectivity index is 2.38. The quantitative estimate of drug-likeness (QED) is 0.823. The molecule has 1 aromatic rings. The fourth-order valence-corrected chi connectivity index (χ4v) is 2.33. The van der Waals surface area contributed by atoms with Gasteiger partial charge in [-0.3, -0.25) is 4.79 Å². The first kappa shape index (κ1) is 12.4. The summed E-state index contributed by atoms with van der Waals surface area (Å²) >= 11 is 0. The predicted octanol–water partition coefficient (Wildman–Crippen LogP) is 3.29. The van der Waals surface area contributed by atoms with Crippen molar-refractivity contribution in [2.24, 2.45) is 0 Å². The van der Waals surface area contributed by atoms with Crippen LogP contribution in [-0.2, 0) is 10.2 Å². The Kier molecular flexibility index (Phi) is 3.19. The van der Waals surface area contributed by atoms with Crippen molar-refractivity contribution < 1.29 is 9.90 Å². The lowest BCUT2D eigenvalue weighted by molar-refractivity contribution is -0.111. The highest BCUT2D eigenvalue weighted by atomic mass is 16.3. The molecular weight excluding hydrogens is 224 g/mol. The lowest BCUT2D eigenvalue weighted by Crippen LogP contribution is -2.23. The van der Waals surface area contributed by atoms with Crippen molar-refractivity contribution >= 4 is 5.78 Å².